The number of hydrogen-bond donors (Lipinski definition) is 3. The Morgan fingerprint density at radius 1 is 0.468 bits per heavy atom. The van der Waals surface area contributed by atoms with Crippen LogP contribution < -0.4 is 16.0 Å². The number of ketones is 3. The standard InChI is InChI=1S/C60H113N7O10/c1-19-21-26-62-56(74)49(39-52(70)61-27-29-66(17)33-31-64(13)14)42-59(9,10)51(69)38-48(55(73)63-28-30-67(18)34-32-65(15)16)43-60(11,12)54(72)47(40-53(71)76-35-22-24-44(3)4)41-58(7,8)50(68)37-46(20-2)57(75)77-36-23-25-45(5)6/h44-49H,19-43H2,1-18H3,(H,61,70)(H,62,74)(H,63,73). The first-order valence-electron chi connectivity index (χ1n) is 29.2. The molecule has 0 aromatic rings. The molecule has 0 heterocycles. The Bertz CT molecular complexity index is 1780. The third-order valence-electron chi connectivity index (χ3n) is 14.7. The van der Waals surface area contributed by atoms with Crippen LogP contribution >= 0.6 is 0 Å². The van der Waals surface area contributed by atoms with Crippen molar-refractivity contribution in [1.82, 2.24) is 35.6 Å². The Labute approximate surface area is 467 Å². The van der Waals surface area contributed by atoms with Crippen LogP contribution in [0, 0.1) is 51.8 Å². The molecule has 4 atom stereocenters. The summed E-state index contributed by atoms with van der Waals surface area (Å²) in [7, 11) is 11.9. The number of likely N-dealkylation sites (N-methyl/N-ethyl adjacent to an activating group) is 4. The van der Waals surface area contributed by atoms with Crippen molar-refractivity contribution in [3.05, 3.63) is 0 Å². The molecule has 0 saturated heterocycles. The molecule has 0 aromatic heterocycles. The minimum absolute atomic E-state index is 0.0143. The molecule has 0 aliphatic heterocycles. The van der Waals surface area contributed by atoms with E-state index in [0.717, 1.165) is 58.3 Å². The zero-order chi connectivity index (χ0) is 59.1. The maximum absolute atomic E-state index is 15.2. The van der Waals surface area contributed by atoms with Crippen molar-refractivity contribution in [3.63, 3.8) is 0 Å². The van der Waals surface area contributed by atoms with Gasteiger partial charge in [0.1, 0.15) is 17.3 Å². The molecule has 0 aromatic carbocycles. The van der Waals surface area contributed by atoms with Crippen molar-refractivity contribution in [2.75, 3.05) is 114 Å². The fourth-order valence-electron chi connectivity index (χ4n) is 9.31. The number of Topliss-reactive ketones (excluding diaryl/α,β-unsaturated/α-hetero) is 3. The second kappa shape index (κ2) is 38.0. The van der Waals surface area contributed by atoms with Crippen LogP contribution in [0.2, 0.25) is 0 Å². The van der Waals surface area contributed by atoms with E-state index in [9.17, 15) is 33.6 Å². The minimum atomic E-state index is -1.29. The maximum atomic E-state index is 15.2. The van der Waals surface area contributed by atoms with Gasteiger partial charge in [-0.25, -0.2) is 0 Å². The van der Waals surface area contributed by atoms with Gasteiger partial charge in [-0.15, -0.1) is 0 Å². The third-order valence-corrected chi connectivity index (χ3v) is 14.7. The lowest BCUT2D eigenvalue weighted by molar-refractivity contribution is -0.152. The highest BCUT2D eigenvalue weighted by Gasteiger charge is 2.44. The Morgan fingerprint density at radius 2 is 0.896 bits per heavy atom. The van der Waals surface area contributed by atoms with Crippen LogP contribution in [0.25, 0.3) is 0 Å². The van der Waals surface area contributed by atoms with Gasteiger partial charge in [0.25, 0.3) is 0 Å². The van der Waals surface area contributed by atoms with Gasteiger partial charge in [-0.1, -0.05) is 89.5 Å². The van der Waals surface area contributed by atoms with Gasteiger partial charge in [-0.2, -0.15) is 0 Å². The summed E-state index contributed by atoms with van der Waals surface area (Å²) in [6.07, 6.45) is 4.39. The largest absolute Gasteiger partial charge is 0.466 e. The second-order valence-electron chi connectivity index (χ2n) is 25.4. The highest BCUT2D eigenvalue weighted by Crippen LogP contribution is 2.40. The number of ether oxygens (including phenoxy) is 2. The smallest absolute Gasteiger partial charge is 0.309 e. The summed E-state index contributed by atoms with van der Waals surface area (Å²) in [6.45, 7) is 28.6. The molecule has 0 rings (SSSR count). The molecule has 4 unspecified atom stereocenters. The van der Waals surface area contributed by atoms with E-state index >= 15 is 4.79 Å². The van der Waals surface area contributed by atoms with Crippen LogP contribution in [0.1, 0.15) is 173 Å². The topological polar surface area (TPSA) is 204 Å². The normalized spacial score (nSPS) is 14.0. The van der Waals surface area contributed by atoms with Crippen molar-refractivity contribution in [2.45, 2.75) is 173 Å². The first-order chi connectivity index (χ1) is 35.8. The summed E-state index contributed by atoms with van der Waals surface area (Å²) in [5, 5.41) is 8.97. The van der Waals surface area contributed by atoms with Crippen LogP contribution in [0.4, 0.5) is 0 Å². The number of esters is 2. The molecular formula is C60H113N7O10. The Morgan fingerprint density at radius 3 is 1.36 bits per heavy atom. The third kappa shape index (κ3) is 32.8. The highest BCUT2D eigenvalue weighted by molar-refractivity contribution is 5.94. The average Bonchev–Trinajstić information content (AvgIpc) is 3.33. The molecule has 3 N–H and O–H groups in total. The number of carbonyl (C=O) groups excluding carboxylic acids is 8. The van der Waals surface area contributed by atoms with Crippen LogP contribution in [0.3, 0.4) is 0 Å². The van der Waals surface area contributed by atoms with Crippen molar-refractivity contribution >= 4 is 47.0 Å². The molecule has 3 amide bonds. The fraction of sp³-hybridized carbons (Fsp3) is 0.867. The molecule has 0 aliphatic carbocycles. The summed E-state index contributed by atoms with van der Waals surface area (Å²) in [6, 6.07) is 0. The molecule has 0 fully saturated rings. The fourth-order valence-corrected chi connectivity index (χ4v) is 9.31. The van der Waals surface area contributed by atoms with E-state index in [0.29, 0.717) is 50.9 Å². The van der Waals surface area contributed by atoms with Gasteiger partial charge in [-0.3, -0.25) is 38.4 Å². The van der Waals surface area contributed by atoms with Crippen LogP contribution in [0.15, 0.2) is 0 Å². The molecule has 17 heteroatoms. The minimum Gasteiger partial charge on any atom is -0.466 e. The van der Waals surface area contributed by atoms with Gasteiger partial charge in [-0.05, 0) is 112 Å². The molecule has 0 aliphatic rings. The summed E-state index contributed by atoms with van der Waals surface area (Å²) < 4.78 is 11.3. The zero-order valence-electron chi connectivity index (χ0n) is 52.0. The number of unbranched alkanes of at least 4 members (excludes halogenated alkanes) is 1. The molecule has 448 valence electrons. The summed E-state index contributed by atoms with van der Waals surface area (Å²) in [5.74, 6) is -5.49. The number of nitrogens with one attached hydrogen (secondary N) is 3. The van der Waals surface area contributed by atoms with Crippen molar-refractivity contribution in [1.29, 1.82) is 0 Å². The Hall–Kier alpha value is -3.80. The predicted molar refractivity (Wildman–Crippen MR) is 309 cm³/mol. The van der Waals surface area contributed by atoms with Crippen molar-refractivity contribution in [3.8, 4) is 0 Å². The zero-order valence-corrected chi connectivity index (χ0v) is 52.0. The van der Waals surface area contributed by atoms with Gasteiger partial charge in [0, 0.05) is 112 Å². The Kier molecular flexibility index (Phi) is 36.1. The Balaban J connectivity index is 6.99. The highest BCUT2D eigenvalue weighted by atomic mass is 16.5. The quantitative estimate of drug-likeness (QED) is 0.0400. The average molecular weight is 1090 g/mol. The number of hydrogen-bond acceptors (Lipinski definition) is 14. The summed E-state index contributed by atoms with van der Waals surface area (Å²) >= 11 is 0. The summed E-state index contributed by atoms with van der Waals surface area (Å²) in [5.41, 5.74) is -3.60. The van der Waals surface area contributed by atoms with E-state index < -0.39 is 57.8 Å². The molecule has 0 bridgehead atoms. The maximum Gasteiger partial charge on any atom is 0.309 e. The molecule has 0 radical (unpaired) electrons. The van der Waals surface area contributed by atoms with E-state index in [2.05, 4.69) is 63.2 Å². The van der Waals surface area contributed by atoms with E-state index in [4.69, 9.17) is 9.47 Å². The monoisotopic (exact) mass is 1090 g/mol. The predicted octanol–water partition coefficient (Wildman–Crippen LogP) is 7.47. The van der Waals surface area contributed by atoms with Crippen molar-refractivity contribution in [2.24, 2.45) is 51.8 Å². The van der Waals surface area contributed by atoms with Gasteiger partial charge >= 0.3 is 11.9 Å². The lowest BCUT2D eigenvalue weighted by Crippen LogP contribution is -2.44. The first-order valence-corrected chi connectivity index (χ1v) is 29.2. The van der Waals surface area contributed by atoms with Crippen LogP contribution in [-0.2, 0) is 47.8 Å². The van der Waals surface area contributed by atoms with E-state index in [1.54, 1.807) is 41.5 Å². The number of nitrogens with zero attached hydrogens (tertiary/aromatic N) is 4. The van der Waals surface area contributed by atoms with Crippen LogP contribution in [0.5, 0.6) is 0 Å². The molecular weight excluding hydrogens is 979 g/mol. The lowest BCUT2D eigenvalue weighted by Gasteiger charge is -2.35. The first kappa shape index (κ1) is 73.2. The second-order valence-corrected chi connectivity index (χ2v) is 25.4. The van der Waals surface area contributed by atoms with Gasteiger partial charge in [0.2, 0.25) is 17.7 Å². The van der Waals surface area contributed by atoms with Gasteiger partial charge < -0.3 is 45.0 Å². The van der Waals surface area contributed by atoms with E-state index in [1.807, 2.05) is 56.1 Å². The molecule has 17 nitrogen and oxygen atoms in total. The summed E-state index contributed by atoms with van der Waals surface area (Å²) in [4.78, 5) is 121. The van der Waals surface area contributed by atoms with E-state index in [1.165, 1.54) is 0 Å². The van der Waals surface area contributed by atoms with Crippen molar-refractivity contribution < 1.29 is 47.8 Å². The van der Waals surface area contributed by atoms with E-state index in [-0.39, 0.29) is 93.9 Å². The molecule has 0 spiro atoms. The number of rotatable bonds is 45. The SMILES string of the molecule is CCCCNC(=O)C(CC(=O)NCCN(C)CCN(C)C)CC(C)(C)C(=O)CC(CC(C)(C)C(=O)C(CC(=O)OCCCC(C)C)CC(C)(C)C(=O)CC(CC)C(=O)OCCCC(C)C)C(=O)NCCN(C)CCN(C)C. The van der Waals surface area contributed by atoms with Crippen LogP contribution in [-0.4, -0.2) is 181 Å². The van der Waals surface area contributed by atoms with Gasteiger partial charge in [0.05, 0.1) is 25.6 Å². The molecule has 77 heavy (non-hydrogen) atoms. The number of amides is 3. The number of carbonyl (C=O) groups is 8. The van der Waals surface area contributed by atoms with Gasteiger partial charge in [0.15, 0.2) is 0 Å². The lowest BCUT2D eigenvalue weighted by atomic mass is 9.67. The molecule has 0 saturated carbocycles.